The molecule has 25 heteroatoms. The molecule has 53 heavy (non-hydrogen) atoms. The average molecular weight is 835 g/mol. The van der Waals surface area contributed by atoms with Crippen molar-refractivity contribution in [2.24, 2.45) is 10.2 Å². The zero-order valence-electron chi connectivity index (χ0n) is 27.5. The zero-order chi connectivity index (χ0) is 39.2. The summed E-state index contributed by atoms with van der Waals surface area (Å²) in [6.07, 6.45) is 0.854. The fraction of sp³-hybridized carbons (Fsp3) is 0.250. The number of aryl methyl sites for hydroxylation is 2. The SMILES string of the molecule is CCc1cc(NCS(=O)(=O)O)c(CC)cc1N=Nc1cc(Nc2nc(Cl)nc(Nc3ccc(S(=O)(=O)CCOS(=O)(=O)O)cc3)n2)ccc1S(=O)(=O)O. The molecule has 4 aromatic rings. The van der Waals surface area contributed by atoms with Crippen LogP contribution in [-0.2, 0) is 57.5 Å². The molecule has 20 nitrogen and oxygen atoms in total. The molecule has 0 aliphatic rings. The molecule has 0 radical (unpaired) electrons. The van der Waals surface area contributed by atoms with E-state index in [1.807, 2.05) is 6.92 Å². The van der Waals surface area contributed by atoms with Gasteiger partial charge in [-0.15, -0.1) is 5.11 Å². The molecular formula is C28H31ClN8O12S4. The summed E-state index contributed by atoms with van der Waals surface area (Å²) in [5.74, 6) is -1.65. The van der Waals surface area contributed by atoms with Crippen molar-refractivity contribution in [1.82, 2.24) is 15.0 Å². The van der Waals surface area contributed by atoms with Gasteiger partial charge in [-0.2, -0.15) is 45.3 Å². The van der Waals surface area contributed by atoms with Crippen LogP contribution in [0.3, 0.4) is 0 Å². The second-order valence-corrected chi connectivity index (χ2v) is 17.1. The molecule has 0 aliphatic heterocycles. The van der Waals surface area contributed by atoms with Crippen molar-refractivity contribution in [2.75, 3.05) is 34.2 Å². The predicted molar refractivity (Wildman–Crippen MR) is 193 cm³/mol. The number of sulfone groups is 1. The molecule has 0 saturated heterocycles. The number of nitrogens with one attached hydrogen (secondary N) is 3. The van der Waals surface area contributed by atoms with Crippen LogP contribution in [0.5, 0.6) is 0 Å². The number of rotatable bonds is 17. The molecule has 0 bridgehead atoms. The molecule has 4 rings (SSSR count). The second kappa shape index (κ2) is 16.7. The van der Waals surface area contributed by atoms with Crippen molar-refractivity contribution in [2.45, 2.75) is 36.5 Å². The molecule has 3 aromatic carbocycles. The first kappa shape index (κ1) is 41.4. The standard InChI is InChI=1S/C28H31ClN8O12S4/c1-3-17-14-23(18(4-2)13-22(17)30-16-51(40,41)42)36-37-24-15-20(7-10-25(24)52(43,44)45)32-28-34-26(29)33-27(35-28)31-19-5-8-21(9-6-19)50(38,39)12-11-49-53(46,47)48/h5-10,13-15,30H,3-4,11-12,16H2,1-2H3,(H,40,41,42)(H,43,44,45)(H,46,47,48)(H2,31,32,33,34,35). The molecule has 0 amide bonds. The van der Waals surface area contributed by atoms with E-state index in [0.29, 0.717) is 41.0 Å². The minimum Gasteiger partial charge on any atom is -0.369 e. The van der Waals surface area contributed by atoms with Crippen molar-refractivity contribution < 1.29 is 51.5 Å². The number of halogens is 1. The lowest BCUT2D eigenvalue weighted by Crippen LogP contribution is -2.15. The minimum atomic E-state index is -4.80. The largest absolute Gasteiger partial charge is 0.397 e. The Morgan fingerprint density at radius 2 is 1.32 bits per heavy atom. The molecule has 1 heterocycles. The quantitative estimate of drug-likeness (QED) is 0.0623. The Labute approximate surface area is 309 Å². The van der Waals surface area contributed by atoms with E-state index < -0.39 is 63.6 Å². The summed E-state index contributed by atoms with van der Waals surface area (Å²) in [4.78, 5) is 11.4. The van der Waals surface area contributed by atoms with Crippen molar-refractivity contribution in [3.05, 3.63) is 71.0 Å². The number of anilines is 5. The summed E-state index contributed by atoms with van der Waals surface area (Å²) in [5, 5.41) is 16.4. The van der Waals surface area contributed by atoms with Gasteiger partial charge in [0.2, 0.25) is 17.2 Å². The monoisotopic (exact) mass is 834 g/mol. The molecule has 0 atom stereocenters. The van der Waals surface area contributed by atoms with Crippen LogP contribution in [0.1, 0.15) is 25.0 Å². The zero-order valence-corrected chi connectivity index (χ0v) is 31.5. The van der Waals surface area contributed by atoms with Crippen LogP contribution in [0.2, 0.25) is 5.28 Å². The van der Waals surface area contributed by atoms with Crippen LogP contribution < -0.4 is 16.0 Å². The molecule has 0 spiro atoms. The Hall–Kier alpha value is -4.40. The highest BCUT2D eigenvalue weighted by Gasteiger charge is 2.19. The van der Waals surface area contributed by atoms with Gasteiger partial charge in [-0.05, 0) is 90.2 Å². The van der Waals surface area contributed by atoms with Gasteiger partial charge in [0.05, 0.1) is 22.9 Å². The third-order valence-electron chi connectivity index (χ3n) is 6.93. The van der Waals surface area contributed by atoms with Gasteiger partial charge in [-0.3, -0.25) is 13.7 Å². The summed E-state index contributed by atoms with van der Waals surface area (Å²) in [6, 6.07) is 12.0. The Balaban J connectivity index is 1.58. The van der Waals surface area contributed by atoms with E-state index in [4.69, 9.17) is 20.7 Å². The fourth-order valence-corrected chi connectivity index (χ4v) is 7.10. The first-order valence-corrected chi connectivity index (χ1v) is 21.4. The van der Waals surface area contributed by atoms with E-state index in [1.54, 1.807) is 19.1 Å². The Morgan fingerprint density at radius 1 is 0.736 bits per heavy atom. The van der Waals surface area contributed by atoms with Crippen LogP contribution >= 0.6 is 11.6 Å². The normalized spacial score (nSPS) is 12.6. The van der Waals surface area contributed by atoms with E-state index in [-0.39, 0.29) is 33.5 Å². The summed E-state index contributed by atoms with van der Waals surface area (Å²) >= 11 is 6.10. The van der Waals surface area contributed by atoms with Gasteiger partial charge < -0.3 is 16.0 Å². The van der Waals surface area contributed by atoms with Crippen molar-refractivity contribution >= 4 is 92.4 Å². The number of azo groups is 1. The van der Waals surface area contributed by atoms with Gasteiger partial charge in [-0.25, -0.2) is 12.6 Å². The fourth-order valence-electron chi connectivity index (χ4n) is 4.51. The maximum atomic E-state index is 12.5. The van der Waals surface area contributed by atoms with Gasteiger partial charge >= 0.3 is 10.4 Å². The Kier molecular flexibility index (Phi) is 13.1. The smallest absolute Gasteiger partial charge is 0.369 e. The Morgan fingerprint density at radius 3 is 1.89 bits per heavy atom. The third kappa shape index (κ3) is 12.3. The number of nitrogens with zero attached hydrogens (tertiary/aromatic N) is 5. The maximum absolute atomic E-state index is 12.5. The van der Waals surface area contributed by atoms with Crippen LogP contribution in [0.4, 0.5) is 40.3 Å². The highest BCUT2D eigenvalue weighted by atomic mass is 35.5. The lowest BCUT2D eigenvalue weighted by Gasteiger charge is -2.14. The van der Waals surface area contributed by atoms with Gasteiger partial charge in [0, 0.05) is 17.1 Å². The van der Waals surface area contributed by atoms with E-state index >= 15 is 0 Å². The van der Waals surface area contributed by atoms with Crippen molar-refractivity contribution in [3.63, 3.8) is 0 Å². The van der Waals surface area contributed by atoms with E-state index in [0.717, 1.165) is 6.07 Å². The first-order valence-electron chi connectivity index (χ1n) is 14.9. The topological polar surface area (TPSA) is 306 Å². The molecule has 0 saturated carbocycles. The number of hydrogen-bond acceptors (Lipinski definition) is 17. The first-order chi connectivity index (χ1) is 24.7. The lowest BCUT2D eigenvalue weighted by molar-refractivity contribution is 0.284. The van der Waals surface area contributed by atoms with Gasteiger partial charge in [0.1, 0.15) is 16.5 Å². The molecule has 1 aromatic heterocycles. The summed E-state index contributed by atoms with van der Waals surface area (Å²) in [5.41, 5.74) is 2.23. The molecule has 286 valence electrons. The second-order valence-electron chi connectivity index (χ2n) is 10.7. The van der Waals surface area contributed by atoms with E-state index in [2.05, 4.69) is 45.3 Å². The van der Waals surface area contributed by atoms with Crippen LogP contribution in [0, 0.1) is 0 Å². The van der Waals surface area contributed by atoms with E-state index in [1.165, 1.54) is 36.4 Å². The van der Waals surface area contributed by atoms with Gasteiger partial charge in [0.15, 0.2) is 9.84 Å². The molecule has 0 unspecified atom stereocenters. The molecular weight excluding hydrogens is 804 g/mol. The van der Waals surface area contributed by atoms with Crippen LogP contribution in [0.25, 0.3) is 0 Å². The van der Waals surface area contributed by atoms with Crippen LogP contribution in [-0.4, -0.2) is 80.5 Å². The summed E-state index contributed by atoms with van der Waals surface area (Å²) in [7, 11) is -17.9. The number of aromatic nitrogens is 3. The molecule has 0 fully saturated rings. The van der Waals surface area contributed by atoms with Gasteiger partial charge in [0.25, 0.3) is 20.2 Å². The van der Waals surface area contributed by atoms with Crippen molar-refractivity contribution in [1.29, 1.82) is 0 Å². The highest BCUT2D eigenvalue weighted by Crippen LogP contribution is 2.34. The highest BCUT2D eigenvalue weighted by molar-refractivity contribution is 7.91. The number of benzene rings is 3. The average Bonchev–Trinajstić information content (AvgIpc) is 3.04. The third-order valence-corrected chi connectivity index (χ3v) is 10.7. The van der Waals surface area contributed by atoms with Gasteiger partial charge in [-0.1, -0.05) is 13.8 Å². The van der Waals surface area contributed by atoms with Crippen LogP contribution in [0.15, 0.2) is 74.6 Å². The molecule has 0 aliphatic carbocycles. The maximum Gasteiger partial charge on any atom is 0.397 e. The summed E-state index contributed by atoms with van der Waals surface area (Å²) < 4.78 is 125. The van der Waals surface area contributed by atoms with Crippen molar-refractivity contribution in [3.8, 4) is 0 Å². The van der Waals surface area contributed by atoms with E-state index in [9.17, 15) is 38.2 Å². The molecule has 6 N–H and O–H groups in total. The minimum absolute atomic E-state index is 0.0903. The predicted octanol–water partition coefficient (Wildman–Crippen LogP) is 4.65. The Bertz CT molecular complexity index is 2470. The lowest BCUT2D eigenvalue weighted by atomic mass is 10.0. The number of hydrogen-bond donors (Lipinski definition) is 6. The summed E-state index contributed by atoms with van der Waals surface area (Å²) in [6.45, 7) is 2.82.